The molecule has 3 N–H and O–H groups in total. The van der Waals surface area contributed by atoms with Gasteiger partial charge >= 0.3 is 0 Å². The lowest BCUT2D eigenvalue weighted by Crippen LogP contribution is -2.23. The average molecular weight is 366 g/mol. The van der Waals surface area contributed by atoms with Crippen LogP contribution in [0.2, 0.25) is 0 Å². The first-order valence-electron chi connectivity index (χ1n) is 8.37. The summed E-state index contributed by atoms with van der Waals surface area (Å²) in [6, 6.07) is 15.8. The number of aryl methyl sites for hydroxylation is 2. The first-order valence-corrected chi connectivity index (χ1v) is 9.19. The van der Waals surface area contributed by atoms with Crippen molar-refractivity contribution in [1.29, 1.82) is 0 Å². The maximum absolute atomic E-state index is 12.9. The number of carbonyl (C=O) groups is 1. The minimum atomic E-state index is -0.172. The van der Waals surface area contributed by atoms with Crippen molar-refractivity contribution in [3.63, 3.8) is 0 Å². The lowest BCUT2D eigenvalue weighted by molar-refractivity contribution is 0.0953. The number of benzene rings is 2. The van der Waals surface area contributed by atoms with Crippen LogP contribution in [0, 0.1) is 13.8 Å². The molecule has 0 aliphatic heterocycles. The molecule has 0 radical (unpaired) electrons. The zero-order chi connectivity index (χ0) is 18.7. The number of nitrogens with one attached hydrogen (secondary N) is 1. The Kier molecular flexibility index (Phi) is 5.28. The Hall–Kier alpha value is -2.79. The molecule has 0 fully saturated rings. The highest BCUT2D eigenvalue weighted by atomic mass is 32.1. The monoisotopic (exact) mass is 366 g/mol. The summed E-state index contributed by atoms with van der Waals surface area (Å²) < 4.78 is 5.52. The van der Waals surface area contributed by atoms with Crippen LogP contribution < -0.4 is 15.8 Å². The molecule has 3 aromatic rings. The summed E-state index contributed by atoms with van der Waals surface area (Å²) in [4.78, 5) is 13.9. The van der Waals surface area contributed by atoms with Gasteiger partial charge in [0.2, 0.25) is 0 Å². The van der Waals surface area contributed by atoms with Crippen molar-refractivity contribution in [2.75, 3.05) is 12.8 Å². The highest BCUT2D eigenvalue weighted by Crippen LogP contribution is 2.42. The van der Waals surface area contributed by atoms with Crippen LogP contribution >= 0.6 is 11.3 Å². The Balaban J connectivity index is 1.99. The summed E-state index contributed by atoms with van der Waals surface area (Å²) >= 11 is 1.43. The van der Waals surface area contributed by atoms with Gasteiger partial charge in [0.15, 0.2) is 0 Å². The third-order valence-corrected chi connectivity index (χ3v) is 5.19. The quantitative estimate of drug-likeness (QED) is 0.696. The van der Waals surface area contributed by atoms with Crippen molar-refractivity contribution in [2.24, 2.45) is 0 Å². The normalized spacial score (nSPS) is 10.6. The summed E-state index contributed by atoms with van der Waals surface area (Å²) in [6.45, 7) is 4.45. The average Bonchev–Trinajstić information content (AvgIpc) is 2.94. The fourth-order valence-corrected chi connectivity index (χ4v) is 3.94. The standard InChI is InChI=1S/C21H22N2O2S/c1-13-9-10-17(25-3)16(11-13)18-14(2)26-20(22)19(18)21(24)23-12-15-7-5-4-6-8-15/h4-11H,12,22H2,1-3H3,(H,23,24). The molecule has 0 bridgehead atoms. The van der Waals surface area contributed by atoms with Gasteiger partial charge in [-0.1, -0.05) is 42.0 Å². The molecule has 0 spiro atoms. The van der Waals surface area contributed by atoms with Gasteiger partial charge in [-0.25, -0.2) is 0 Å². The molecule has 0 atom stereocenters. The maximum Gasteiger partial charge on any atom is 0.255 e. The van der Waals surface area contributed by atoms with Gasteiger partial charge in [0, 0.05) is 22.5 Å². The smallest absolute Gasteiger partial charge is 0.255 e. The second-order valence-corrected chi connectivity index (χ2v) is 7.40. The molecule has 26 heavy (non-hydrogen) atoms. The molecule has 1 aromatic heterocycles. The molecule has 0 saturated heterocycles. The molecule has 0 saturated carbocycles. The van der Waals surface area contributed by atoms with Gasteiger partial charge in [-0.15, -0.1) is 11.3 Å². The molecule has 5 heteroatoms. The van der Waals surface area contributed by atoms with Crippen LogP contribution in [0.5, 0.6) is 5.75 Å². The number of anilines is 1. The van der Waals surface area contributed by atoms with Gasteiger partial charge in [-0.2, -0.15) is 0 Å². The molecule has 1 heterocycles. The van der Waals surface area contributed by atoms with E-state index in [9.17, 15) is 4.79 Å². The number of thiophene rings is 1. The Morgan fingerprint density at radius 2 is 1.88 bits per heavy atom. The topological polar surface area (TPSA) is 64.3 Å². The molecular formula is C21H22N2O2S. The predicted molar refractivity (Wildman–Crippen MR) is 108 cm³/mol. The summed E-state index contributed by atoms with van der Waals surface area (Å²) in [7, 11) is 1.63. The van der Waals surface area contributed by atoms with Gasteiger partial charge in [0.1, 0.15) is 5.75 Å². The second kappa shape index (κ2) is 7.62. The van der Waals surface area contributed by atoms with E-state index in [2.05, 4.69) is 5.32 Å². The van der Waals surface area contributed by atoms with Gasteiger partial charge < -0.3 is 15.8 Å². The number of nitrogen functional groups attached to an aromatic ring is 1. The van der Waals surface area contributed by atoms with Gasteiger partial charge in [0.05, 0.1) is 17.7 Å². The molecule has 134 valence electrons. The molecule has 4 nitrogen and oxygen atoms in total. The van der Waals surface area contributed by atoms with E-state index in [1.54, 1.807) is 7.11 Å². The van der Waals surface area contributed by atoms with Crippen molar-refractivity contribution >= 4 is 22.2 Å². The minimum Gasteiger partial charge on any atom is -0.496 e. The summed E-state index contributed by atoms with van der Waals surface area (Å²) in [6.07, 6.45) is 0. The van der Waals surface area contributed by atoms with Crippen molar-refractivity contribution < 1.29 is 9.53 Å². The third-order valence-electron chi connectivity index (χ3n) is 4.26. The van der Waals surface area contributed by atoms with Crippen molar-refractivity contribution in [3.8, 4) is 16.9 Å². The number of nitrogens with two attached hydrogens (primary N) is 1. The van der Waals surface area contributed by atoms with Crippen LogP contribution in [0.25, 0.3) is 11.1 Å². The van der Waals surface area contributed by atoms with Gasteiger partial charge in [-0.05, 0) is 31.5 Å². The molecular weight excluding hydrogens is 344 g/mol. The highest BCUT2D eigenvalue weighted by Gasteiger charge is 2.23. The SMILES string of the molecule is COc1ccc(C)cc1-c1c(C)sc(N)c1C(=O)NCc1ccccc1. The number of amides is 1. The first kappa shape index (κ1) is 18.0. The molecule has 0 unspecified atom stereocenters. The third kappa shape index (κ3) is 3.58. The zero-order valence-corrected chi connectivity index (χ0v) is 15.9. The second-order valence-electron chi connectivity index (χ2n) is 6.14. The van der Waals surface area contributed by atoms with E-state index in [0.29, 0.717) is 17.1 Å². The Labute approximate surface area is 157 Å². The summed E-state index contributed by atoms with van der Waals surface area (Å²) in [5.74, 6) is 0.558. The van der Waals surface area contributed by atoms with Crippen LogP contribution in [0.4, 0.5) is 5.00 Å². The molecule has 2 aromatic carbocycles. The lowest BCUT2D eigenvalue weighted by Gasteiger charge is -2.13. The Morgan fingerprint density at radius 3 is 2.58 bits per heavy atom. The van der Waals surface area contributed by atoms with Crippen LogP contribution in [-0.4, -0.2) is 13.0 Å². The molecule has 1 amide bonds. The zero-order valence-electron chi connectivity index (χ0n) is 15.1. The number of hydrogen-bond acceptors (Lipinski definition) is 4. The van der Waals surface area contributed by atoms with E-state index >= 15 is 0 Å². The lowest BCUT2D eigenvalue weighted by atomic mass is 9.98. The summed E-state index contributed by atoms with van der Waals surface area (Å²) in [5, 5.41) is 3.50. The number of methoxy groups -OCH3 is 1. The largest absolute Gasteiger partial charge is 0.496 e. The van der Waals surface area contributed by atoms with Crippen LogP contribution in [0.15, 0.2) is 48.5 Å². The van der Waals surface area contributed by atoms with Crippen molar-refractivity contribution in [1.82, 2.24) is 5.32 Å². The van der Waals surface area contributed by atoms with E-state index in [1.807, 2.05) is 62.4 Å². The van der Waals surface area contributed by atoms with E-state index in [4.69, 9.17) is 10.5 Å². The van der Waals surface area contributed by atoms with Crippen LogP contribution in [0.3, 0.4) is 0 Å². The summed E-state index contributed by atoms with van der Waals surface area (Å²) in [5.41, 5.74) is 10.6. The van der Waals surface area contributed by atoms with E-state index in [0.717, 1.165) is 32.9 Å². The molecule has 3 rings (SSSR count). The van der Waals surface area contributed by atoms with E-state index in [1.165, 1.54) is 11.3 Å². The number of carbonyl (C=O) groups excluding carboxylic acids is 1. The van der Waals surface area contributed by atoms with E-state index in [-0.39, 0.29) is 5.91 Å². The van der Waals surface area contributed by atoms with Crippen molar-refractivity contribution in [3.05, 3.63) is 70.1 Å². The van der Waals surface area contributed by atoms with Crippen LogP contribution in [0.1, 0.15) is 26.4 Å². The minimum absolute atomic E-state index is 0.172. The van der Waals surface area contributed by atoms with Crippen LogP contribution in [-0.2, 0) is 6.54 Å². The Morgan fingerprint density at radius 1 is 1.15 bits per heavy atom. The van der Waals surface area contributed by atoms with E-state index < -0.39 is 0 Å². The van der Waals surface area contributed by atoms with Gasteiger partial charge in [0.25, 0.3) is 5.91 Å². The maximum atomic E-state index is 12.9. The fraction of sp³-hybridized carbons (Fsp3) is 0.190. The molecule has 0 aliphatic rings. The number of ether oxygens (including phenoxy) is 1. The number of rotatable bonds is 5. The van der Waals surface area contributed by atoms with Gasteiger partial charge in [-0.3, -0.25) is 4.79 Å². The molecule has 0 aliphatic carbocycles. The highest BCUT2D eigenvalue weighted by molar-refractivity contribution is 7.16. The number of hydrogen-bond donors (Lipinski definition) is 2. The predicted octanol–water partition coefficient (Wildman–Crippen LogP) is 4.55. The fourth-order valence-electron chi connectivity index (χ4n) is 3.00. The van der Waals surface area contributed by atoms with Crippen molar-refractivity contribution in [2.45, 2.75) is 20.4 Å². The first-order chi connectivity index (χ1) is 12.5. The Bertz CT molecular complexity index is 933.